The minimum absolute atomic E-state index is 0.0963. The number of carbonyl (C=O) groups is 1. The number of ketones is 1. The monoisotopic (exact) mass is 237 g/mol. The summed E-state index contributed by atoms with van der Waals surface area (Å²) >= 11 is 1.48. The van der Waals surface area contributed by atoms with Crippen LogP contribution in [-0.4, -0.2) is 37.0 Å². The highest BCUT2D eigenvalue weighted by molar-refractivity contribution is 7.12. The Hall–Kier alpha value is -1.13. The number of carbonyl (C=O) groups excluding carboxylic acids is 1. The number of rotatable bonds is 3. The smallest absolute Gasteiger partial charge is 0.197 e. The van der Waals surface area contributed by atoms with Gasteiger partial charge in [0.1, 0.15) is 0 Å². The second-order valence-electron chi connectivity index (χ2n) is 3.73. The Labute approximate surface area is 99.3 Å². The summed E-state index contributed by atoms with van der Waals surface area (Å²) in [5, 5.41) is 1.92. The van der Waals surface area contributed by atoms with Crippen LogP contribution in [0.4, 0.5) is 0 Å². The van der Waals surface area contributed by atoms with E-state index < -0.39 is 0 Å². The molecule has 4 heteroatoms. The Morgan fingerprint density at radius 3 is 2.88 bits per heavy atom. The second-order valence-corrected chi connectivity index (χ2v) is 4.67. The lowest BCUT2D eigenvalue weighted by Crippen LogP contribution is -2.35. The van der Waals surface area contributed by atoms with Crippen molar-refractivity contribution in [3.63, 3.8) is 0 Å². The standard InChI is InChI=1S/C12H15NO2S/c1-10(13-4-6-15-7-5-13)9-11(14)12-3-2-8-16-12/h2-3,8-9H,4-7H2,1H3. The van der Waals surface area contributed by atoms with Gasteiger partial charge in [-0.1, -0.05) is 6.07 Å². The fraction of sp³-hybridized carbons (Fsp3) is 0.417. The number of nitrogens with zero attached hydrogens (tertiary/aromatic N) is 1. The highest BCUT2D eigenvalue weighted by Gasteiger charge is 2.12. The third-order valence-corrected chi connectivity index (χ3v) is 3.50. The fourth-order valence-electron chi connectivity index (χ4n) is 1.69. The molecule has 3 nitrogen and oxygen atoms in total. The van der Waals surface area contributed by atoms with Crippen molar-refractivity contribution in [3.05, 3.63) is 34.2 Å². The van der Waals surface area contributed by atoms with Crippen LogP contribution in [0.3, 0.4) is 0 Å². The van der Waals surface area contributed by atoms with Gasteiger partial charge in [0, 0.05) is 24.9 Å². The SMILES string of the molecule is CC(=CC(=O)c1cccs1)N1CCOCC1. The summed E-state index contributed by atoms with van der Waals surface area (Å²) in [6, 6.07) is 3.76. The molecule has 0 bridgehead atoms. The first-order valence-electron chi connectivity index (χ1n) is 5.36. The van der Waals surface area contributed by atoms with E-state index in [-0.39, 0.29) is 5.78 Å². The van der Waals surface area contributed by atoms with E-state index in [1.54, 1.807) is 6.08 Å². The number of allylic oxidation sites excluding steroid dienone is 2. The van der Waals surface area contributed by atoms with Crippen LogP contribution in [0.25, 0.3) is 0 Å². The molecule has 0 unspecified atom stereocenters. The van der Waals surface area contributed by atoms with Gasteiger partial charge in [-0.3, -0.25) is 4.79 Å². The van der Waals surface area contributed by atoms with Gasteiger partial charge in [0.05, 0.1) is 18.1 Å². The first-order valence-corrected chi connectivity index (χ1v) is 6.24. The average Bonchev–Trinajstić information content (AvgIpc) is 2.83. The summed E-state index contributed by atoms with van der Waals surface area (Å²) in [4.78, 5) is 14.8. The normalized spacial score (nSPS) is 17.6. The van der Waals surface area contributed by atoms with Crippen LogP contribution in [0.2, 0.25) is 0 Å². The highest BCUT2D eigenvalue weighted by Crippen LogP contribution is 2.13. The maximum atomic E-state index is 11.8. The van der Waals surface area contributed by atoms with E-state index in [0.717, 1.165) is 36.9 Å². The molecule has 0 aliphatic carbocycles. The molecule has 0 radical (unpaired) electrons. The first-order chi connectivity index (χ1) is 7.77. The lowest BCUT2D eigenvalue weighted by atomic mass is 10.2. The zero-order chi connectivity index (χ0) is 11.4. The third kappa shape index (κ3) is 2.71. The maximum Gasteiger partial charge on any atom is 0.197 e. The van der Waals surface area contributed by atoms with Gasteiger partial charge in [-0.25, -0.2) is 0 Å². The molecular formula is C12H15NO2S. The number of ether oxygens (including phenoxy) is 1. The van der Waals surface area contributed by atoms with E-state index in [1.807, 2.05) is 24.4 Å². The minimum atomic E-state index is 0.0963. The molecule has 1 saturated heterocycles. The van der Waals surface area contributed by atoms with Gasteiger partial charge in [0.15, 0.2) is 5.78 Å². The van der Waals surface area contributed by atoms with Gasteiger partial charge in [-0.15, -0.1) is 11.3 Å². The van der Waals surface area contributed by atoms with Crippen LogP contribution < -0.4 is 0 Å². The maximum absolute atomic E-state index is 11.8. The lowest BCUT2D eigenvalue weighted by molar-refractivity contribution is 0.0534. The number of thiophene rings is 1. The van der Waals surface area contributed by atoms with E-state index in [4.69, 9.17) is 4.74 Å². The number of hydrogen-bond donors (Lipinski definition) is 0. The largest absolute Gasteiger partial charge is 0.378 e. The van der Waals surface area contributed by atoms with E-state index in [9.17, 15) is 4.79 Å². The summed E-state index contributed by atoms with van der Waals surface area (Å²) in [7, 11) is 0. The summed E-state index contributed by atoms with van der Waals surface area (Å²) in [6.07, 6.45) is 1.72. The molecule has 0 saturated carbocycles. The van der Waals surface area contributed by atoms with Crippen molar-refractivity contribution in [2.75, 3.05) is 26.3 Å². The molecule has 16 heavy (non-hydrogen) atoms. The van der Waals surface area contributed by atoms with Crippen molar-refractivity contribution < 1.29 is 9.53 Å². The van der Waals surface area contributed by atoms with Crippen LogP contribution in [0.1, 0.15) is 16.6 Å². The Morgan fingerprint density at radius 2 is 2.25 bits per heavy atom. The van der Waals surface area contributed by atoms with E-state index in [1.165, 1.54) is 11.3 Å². The predicted molar refractivity (Wildman–Crippen MR) is 64.8 cm³/mol. The first kappa shape index (κ1) is 11.4. The minimum Gasteiger partial charge on any atom is -0.378 e. The summed E-state index contributed by atoms with van der Waals surface area (Å²) in [5.41, 5.74) is 1.03. The Bertz CT molecular complexity index is 378. The molecule has 0 N–H and O–H groups in total. The molecule has 1 fully saturated rings. The van der Waals surface area contributed by atoms with Crippen LogP contribution in [0, 0.1) is 0 Å². The summed E-state index contributed by atoms with van der Waals surface area (Å²) in [5.74, 6) is 0.0963. The van der Waals surface area contributed by atoms with Gasteiger partial charge < -0.3 is 9.64 Å². The predicted octanol–water partition coefficient (Wildman–Crippen LogP) is 2.17. The van der Waals surface area contributed by atoms with Gasteiger partial charge >= 0.3 is 0 Å². The Kier molecular flexibility index (Phi) is 3.74. The molecule has 0 aromatic carbocycles. The lowest BCUT2D eigenvalue weighted by Gasteiger charge is -2.29. The van der Waals surface area contributed by atoms with Crippen molar-refractivity contribution in [1.29, 1.82) is 0 Å². The quantitative estimate of drug-likeness (QED) is 0.596. The van der Waals surface area contributed by atoms with Crippen molar-refractivity contribution >= 4 is 17.1 Å². The van der Waals surface area contributed by atoms with Crippen LogP contribution >= 0.6 is 11.3 Å². The highest BCUT2D eigenvalue weighted by atomic mass is 32.1. The van der Waals surface area contributed by atoms with Crippen molar-refractivity contribution in [2.24, 2.45) is 0 Å². The number of hydrogen-bond acceptors (Lipinski definition) is 4. The summed E-state index contributed by atoms with van der Waals surface area (Å²) in [6.45, 7) is 5.23. The Morgan fingerprint density at radius 1 is 1.50 bits per heavy atom. The zero-order valence-electron chi connectivity index (χ0n) is 9.31. The molecule has 1 aromatic rings. The zero-order valence-corrected chi connectivity index (χ0v) is 10.1. The molecule has 1 aromatic heterocycles. The fourth-order valence-corrected chi connectivity index (χ4v) is 2.32. The van der Waals surface area contributed by atoms with Gasteiger partial charge in [0.2, 0.25) is 0 Å². The third-order valence-electron chi connectivity index (χ3n) is 2.61. The van der Waals surface area contributed by atoms with Crippen molar-refractivity contribution in [1.82, 2.24) is 4.90 Å². The van der Waals surface area contributed by atoms with Gasteiger partial charge in [-0.05, 0) is 18.4 Å². The molecular weight excluding hydrogens is 222 g/mol. The molecule has 1 aliphatic rings. The average molecular weight is 237 g/mol. The Balaban J connectivity index is 2.02. The molecule has 86 valence electrons. The van der Waals surface area contributed by atoms with Crippen LogP contribution in [0.15, 0.2) is 29.3 Å². The second kappa shape index (κ2) is 5.27. The van der Waals surface area contributed by atoms with E-state index >= 15 is 0 Å². The molecule has 1 aliphatic heterocycles. The molecule has 2 heterocycles. The van der Waals surface area contributed by atoms with E-state index in [0.29, 0.717) is 0 Å². The molecule has 2 rings (SSSR count). The molecule has 0 spiro atoms. The van der Waals surface area contributed by atoms with Crippen molar-refractivity contribution in [3.8, 4) is 0 Å². The van der Waals surface area contributed by atoms with Crippen LogP contribution in [-0.2, 0) is 4.74 Å². The number of morpholine rings is 1. The molecule has 0 atom stereocenters. The topological polar surface area (TPSA) is 29.5 Å². The van der Waals surface area contributed by atoms with Gasteiger partial charge in [-0.2, -0.15) is 0 Å². The molecule has 0 amide bonds. The van der Waals surface area contributed by atoms with Crippen LogP contribution in [0.5, 0.6) is 0 Å². The summed E-state index contributed by atoms with van der Waals surface area (Å²) < 4.78 is 5.28. The van der Waals surface area contributed by atoms with E-state index in [2.05, 4.69) is 4.90 Å². The van der Waals surface area contributed by atoms with Crippen molar-refractivity contribution in [2.45, 2.75) is 6.92 Å². The van der Waals surface area contributed by atoms with Gasteiger partial charge in [0.25, 0.3) is 0 Å².